The average molecular weight is 521 g/mol. The second-order valence-electron chi connectivity index (χ2n) is 5.85. The molecule has 0 bridgehead atoms. The fourth-order valence-corrected chi connectivity index (χ4v) is 2.70. The second-order valence-corrected chi connectivity index (χ2v) is 5.85. The van der Waals surface area contributed by atoms with Crippen LogP contribution in [-0.2, 0) is 13.0 Å². The quantitative estimate of drug-likeness (QED) is 0.317. The summed E-state index contributed by atoms with van der Waals surface area (Å²) in [5, 5.41) is 6.23. The molecule has 2 N–H and O–H groups in total. The van der Waals surface area contributed by atoms with Gasteiger partial charge in [0.2, 0.25) is 5.75 Å². The fraction of sp³-hybridized carbons (Fsp3) is 0.350. The van der Waals surface area contributed by atoms with E-state index in [0.717, 1.165) is 11.6 Å². The molecule has 0 atom stereocenters. The lowest BCUT2D eigenvalue weighted by Crippen LogP contribution is -2.38. The predicted molar refractivity (Wildman–Crippen MR) is 120 cm³/mol. The zero-order valence-electron chi connectivity index (χ0n) is 16.8. The molecule has 0 aliphatic carbocycles. The molecule has 29 heavy (non-hydrogen) atoms. The van der Waals surface area contributed by atoms with E-state index in [1.807, 2.05) is 12.1 Å². The molecule has 0 saturated carbocycles. The monoisotopic (exact) mass is 521 g/mol. The molecule has 0 heterocycles. The molecule has 2 aromatic carbocycles. The molecular formula is C20H26F2IN3O3. The third-order valence-electron chi connectivity index (χ3n) is 4.13. The van der Waals surface area contributed by atoms with E-state index < -0.39 is 11.6 Å². The van der Waals surface area contributed by atoms with Gasteiger partial charge in [0, 0.05) is 20.1 Å². The molecule has 0 saturated heterocycles. The summed E-state index contributed by atoms with van der Waals surface area (Å²) in [6.45, 7) is 0.847. The summed E-state index contributed by atoms with van der Waals surface area (Å²) in [6, 6.07) is 7.83. The van der Waals surface area contributed by atoms with Crippen LogP contribution in [0.5, 0.6) is 17.2 Å². The van der Waals surface area contributed by atoms with Crippen molar-refractivity contribution in [3.63, 3.8) is 0 Å². The number of aliphatic imine (C=N–C) groups is 1. The molecule has 0 spiro atoms. The molecule has 0 fully saturated rings. The number of hydrogen-bond donors (Lipinski definition) is 2. The normalized spacial score (nSPS) is 10.8. The van der Waals surface area contributed by atoms with Crippen molar-refractivity contribution in [2.24, 2.45) is 4.99 Å². The average Bonchev–Trinajstić information content (AvgIpc) is 2.72. The van der Waals surface area contributed by atoms with E-state index in [4.69, 9.17) is 14.2 Å². The van der Waals surface area contributed by atoms with E-state index in [2.05, 4.69) is 15.6 Å². The van der Waals surface area contributed by atoms with Crippen LogP contribution in [0.2, 0.25) is 0 Å². The van der Waals surface area contributed by atoms with Gasteiger partial charge in [0.25, 0.3) is 0 Å². The Hall–Kier alpha value is -2.30. The summed E-state index contributed by atoms with van der Waals surface area (Å²) in [6.07, 6.45) is 0.328. The SMILES string of the molecule is CN=C(NCCc1cccc(F)c1F)NCc1cc(OC)c(OC)c(OC)c1.I. The number of rotatable bonds is 8. The van der Waals surface area contributed by atoms with Crippen LogP contribution in [-0.4, -0.2) is 40.9 Å². The fourth-order valence-electron chi connectivity index (χ4n) is 2.70. The molecular weight excluding hydrogens is 495 g/mol. The summed E-state index contributed by atoms with van der Waals surface area (Å²) in [5.74, 6) is 0.511. The lowest BCUT2D eigenvalue weighted by molar-refractivity contribution is 0.323. The first kappa shape index (κ1) is 24.7. The summed E-state index contributed by atoms with van der Waals surface area (Å²) in [4.78, 5) is 4.13. The van der Waals surface area contributed by atoms with Crippen LogP contribution in [0.4, 0.5) is 8.78 Å². The van der Waals surface area contributed by atoms with Gasteiger partial charge in [-0.1, -0.05) is 12.1 Å². The van der Waals surface area contributed by atoms with E-state index in [0.29, 0.717) is 48.3 Å². The smallest absolute Gasteiger partial charge is 0.203 e. The molecule has 0 unspecified atom stereocenters. The Kier molecular flexibility index (Phi) is 10.5. The summed E-state index contributed by atoms with van der Waals surface area (Å²) in [5.41, 5.74) is 1.21. The van der Waals surface area contributed by atoms with Gasteiger partial charge in [0.1, 0.15) is 0 Å². The molecule has 0 radical (unpaired) electrons. The standard InChI is InChI=1S/C20H25F2N3O3.HI/c1-23-20(24-9-8-14-6-5-7-15(21)18(14)22)25-12-13-10-16(26-2)19(28-4)17(11-13)27-3;/h5-7,10-11H,8-9,12H2,1-4H3,(H2,23,24,25);1H. The topological polar surface area (TPSA) is 64.1 Å². The van der Waals surface area contributed by atoms with Crippen molar-refractivity contribution >= 4 is 29.9 Å². The Morgan fingerprint density at radius 2 is 1.66 bits per heavy atom. The molecule has 6 nitrogen and oxygen atoms in total. The Morgan fingerprint density at radius 1 is 1.00 bits per heavy atom. The molecule has 0 amide bonds. The molecule has 0 aromatic heterocycles. The van der Waals surface area contributed by atoms with Crippen molar-refractivity contribution in [2.45, 2.75) is 13.0 Å². The number of halogens is 3. The van der Waals surface area contributed by atoms with Gasteiger partial charge in [-0.25, -0.2) is 8.78 Å². The minimum absolute atomic E-state index is 0. The van der Waals surface area contributed by atoms with Crippen LogP contribution in [0.1, 0.15) is 11.1 Å². The number of hydrogen-bond acceptors (Lipinski definition) is 4. The van der Waals surface area contributed by atoms with Gasteiger partial charge in [-0.2, -0.15) is 0 Å². The van der Waals surface area contributed by atoms with Crippen molar-refractivity contribution in [2.75, 3.05) is 34.9 Å². The Labute approximate surface area is 186 Å². The summed E-state index contributed by atoms with van der Waals surface area (Å²) < 4.78 is 43.0. The highest BCUT2D eigenvalue weighted by Gasteiger charge is 2.13. The summed E-state index contributed by atoms with van der Waals surface area (Å²) in [7, 11) is 6.29. The van der Waals surface area contributed by atoms with E-state index in [9.17, 15) is 8.78 Å². The lowest BCUT2D eigenvalue weighted by atomic mass is 10.1. The molecule has 160 valence electrons. The molecule has 9 heteroatoms. The zero-order chi connectivity index (χ0) is 20.5. The van der Waals surface area contributed by atoms with Gasteiger partial charge in [-0.05, 0) is 35.7 Å². The largest absolute Gasteiger partial charge is 0.493 e. The van der Waals surface area contributed by atoms with E-state index in [1.165, 1.54) is 6.07 Å². The van der Waals surface area contributed by atoms with Crippen molar-refractivity contribution in [3.05, 3.63) is 53.1 Å². The van der Waals surface area contributed by atoms with Gasteiger partial charge in [0.15, 0.2) is 29.1 Å². The minimum atomic E-state index is -0.845. The highest BCUT2D eigenvalue weighted by molar-refractivity contribution is 14.0. The van der Waals surface area contributed by atoms with Gasteiger partial charge in [0.05, 0.1) is 21.3 Å². The first-order valence-corrected chi connectivity index (χ1v) is 8.70. The Bertz CT molecular complexity index is 810. The number of benzene rings is 2. The van der Waals surface area contributed by atoms with Crippen molar-refractivity contribution < 1.29 is 23.0 Å². The first-order valence-electron chi connectivity index (χ1n) is 8.70. The lowest BCUT2D eigenvalue weighted by Gasteiger charge is -2.16. The van der Waals surface area contributed by atoms with E-state index in [-0.39, 0.29) is 24.0 Å². The van der Waals surface area contributed by atoms with Gasteiger partial charge in [-0.15, -0.1) is 24.0 Å². The van der Waals surface area contributed by atoms with Crippen molar-refractivity contribution in [1.29, 1.82) is 0 Å². The van der Waals surface area contributed by atoms with Crippen LogP contribution in [0.3, 0.4) is 0 Å². The zero-order valence-corrected chi connectivity index (χ0v) is 19.2. The highest BCUT2D eigenvalue weighted by atomic mass is 127. The molecule has 2 aromatic rings. The van der Waals surface area contributed by atoms with E-state index >= 15 is 0 Å². The molecule has 0 aliphatic rings. The maximum absolute atomic E-state index is 13.7. The number of ether oxygens (including phenoxy) is 3. The maximum atomic E-state index is 13.7. The van der Waals surface area contributed by atoms with Gasteiger partial charge in [-0.3, -0.25) is 4.99 Å². The number of guanidine groups is 1. The van der Waals surface area contributed by atoms with Crippen LogP contribution < -0.4 is 24.8 Å². The third kappa shape index (κ3) is 6.62. The second kappa shape index (κ2) is 12.3. The van der Waals surface area contributed by atoms with Crippen LogP contribution in [0.15, 0.2) is 35.3 Å². The maximum Gasteiger partial charge on any atom is 0.203 e. The molecule has 2 rings (SSSR count). The van der Waals surface area contributed by atoms with Crippen LogP contribution in [0, 0.1) is 11.6 Å². The predicted octanol–water partition coefficient (Wildman–Crippen LogP) is 3.52. The van der Waals surface area contributed by atoms with Crippen molar-refractivity contribution in [1.82, 2.24) is 10.6 Å². The third-order valence-corrected chi connectivity index (χ3v) is 4.13. The minimum Gasteiger partial charge on any atom is -0.493 e. The first-order chi connectivity index (χ1) is 13.5. The molecule has 0 aliphatic heterocycles. The number of nitrogens with one attached hydrogen (secondary N) is 2. The number of methoxy groups -OCH3 is 3. The number of nitrogens with zero attached hydrogens (tertiary/aromatic N) is 1. The van der Waals surface area contributed by atoms with Crippen LogP contribution >= 0.6 is 24.0 Å². The van der Waals surface area contributed by atoms with Gasteiger partial charge < -0.3 is 24.8 Å². The summed E-state index contributed by atoms with van der Waals surface area (Å²) >= 11 is 0. The Morgan fingerprint density at radius 3 is 2.21 bits per heavy atom. The highest BCUT2D eigenvalue weighted by Crippen LogP contribution is 2.38. The Balaban J connectivity index is 0.00000420. The van der Waals surface area contributed by atoms with Crippen LogP contribution in [0.25, 0.3) is 0 Å². The van der Waals surface area contributed by atoms with Gasteiger partial charge >= 0.3 is 0 Å². The van der Waals surface area contributed by atoms with E-state index in [1.54, 1.807) is 34.4 Å². The van der Waals surface area contributed by atoms with Crippen molar-refractivity contribution in [3.8, 4) is 17.2 Å².